The van der Waals surface area contributed by atoms with Gasteiger partial charge in [0, 0.05) is 6.54 Å². The molecular formula is C12H16ClFN2O3S. The first-order chi connectivity index (χ1) is 9.30. The van der Waals surface area contributed by atoms with Gasteiger partial charge in [0.05, 0.1) is 11.6 Å². The van der Waals surface area contributed by atoms with Crippen molar-refractivity contribution in [3.63, 3.8) is 0 Å². The van der Waals surface area contributed by atoms with Gasteiger partial charge in [-0.1, -0.05) is 31.0 Å². The second-order valence-corrected chi connectivity index (χ2v) is 6.52. The minimum atomic E-state index is -4.15. The Balaban J connectivity index is 3.21. The van der Waals surface area contributed by atoms with Crippen LogP contribution in [0.2, 0.25) is 5.02 Å². The Morgan fingerprint density at radius 3 is 2.65 bits per heavy atom. The summed E-state index contributed by atoms with van der Waals surface area (Å²) in [6.45, 7) is 1.47. The third-order valence-electron chi connectivity index (χ3n) is 2.63. The zero-order chi connectivity index (χ0) is 15.3. The van der Waals surface area contributed by atoms with Crippen molar-refractivity contribution in [2.24, 2.45) is 5.73 Å². The molecule has 5 nitrogen and oxygen atoms in total. The van der Waals surface area contributed by atoms with Crippen molar-refractivity contribution in [1.82, 2.24) is 4.31 Å². The van der Waals surface area contributed by atoms with Crippen LogP contribution in [-0.4, -0.2) is 31.7 Å². The Hall–Kier alpha value is -1.18. The lowest BCUT2D eigenvalue weighted by atomic mass is 10.3. The number of amides is 1. The van der Waals surface area contributed by atoms with Crippen molar-refractivity contribution >= 4 is 27.5 Å². The van der Waals surface area contributed by atoms with Gasteiger partial charge in [-0.05, 0) is 18.6 Å². The molecule has 0 unspecified atom stereocenters. The SMILES string of the molecule is CCCCN(CC(N)=O)S(=O)(=O)c1cccc(Cl)c1F. The smallest absolute Gasteiger partial charge is 0.246 e. The van der Waals surface area contributed by atoms with Crippen molar-refractivity contribution in [1.29, 1.82) is 0 Å². The lowest BCUT2D eigenvalue weighted by Crippen LogP contribution is -2.39. The van der Waals surface area contributed by atoms with Crippen LogP contribution >= 0.6 is 11.6 Å². The van der Waals surface area contributed by atoms with Crippen LogP contribution in [-0.2, 0) is 14.8 Å². The monoisotopic (exact) mass is 322 g/mol. The van der Waals surface area contributed by atoms with Crippen LogP contribution in [0.4, 0.5) is 4.39 Å². The summed E-state index contributed by atoms with van der Waals surface area (Å²) in [5.41, 5.74) is 5.04. The molecular weight excluding hydrogens is 307 g/mol. The zero-order valence-electron chi connectivity index (χ0n) is 11.0. The second-order valence-electron chi connectivity index (χ2n) is 4.21. The predicted molar refractivity (Wildman–Crippen MR) is 74.3 cm³/mol. The lowest BCUT2D eigenvalue weighted by molar-refractivity contribution is -0.118. The van der Waals surface area contributed by atoms with E-state index >= 15 is 0 Å². The van der Waals surface area contributed by atoms with E-state index in [1.165, 1.54) is 12.1 Å². The number of sulfonamides is 1. The second kappa shape index (κ2) is 7.01. The molecule has 0 fully saturated rings. The van der Waals surface area contributed by atoms with Gasteiger partial charge in [-0.2, -0.15) is 4.31 Å². The zero-order valence-corrected chi connectivity index (χ0v) is 12.5. The molecule has 20 heavy (non-hydrogen) atoms. The van der Waals surface area contributed by atoms with Gasteiger partial charge in [-0.15, -0.1) is 0 Å². The van der Waals surface area contributed by atoms with Crippen molar-refractivity contribution in [2.45, 2.75) is 24.7 Å². The summed E-state index contributed by atoms with van der Waals surface area (Å²) < 4.78 is 39.5. The Bertz CT molecular complexity index is 592. The van der Waals surface area contributed by atoms with Crippen LogP contribution in [0.5, 0.6) is 0 Å². The number of hydrogen-bond acceptors (Lipinski definition) is 3. The number of halogens is 2. The van der Waals surface area contributed by atoms with Crippen molar-refractivity contribution in [2.75, 3.05) is 13.1 Å². The van der Waals surface area contributed by atoms with Crippen LogP contribution in [0.15, 0.2) is 23.1 Å². The van der Waals surface area contributed by atoms with E-state index in [9.17, 15) is 17.6 Å². The van der Waals surface area contributed by atoms with E-state index in [0.29, 0.717) is 6.42 Å². The van der Waals surface area contributed by atoms with E-state index < -0.39 is 33.2 Å². The quantitative estimate of drug-likeness (QED) is 0.830. The number of carbonyl (C=O) groups is 1. The molecule has 0 atom stereocenters. The number of rotatable bonds is 7. The van der Waals surface area contributed by atoms with Crippen LogP contribution in [0.25, 0.3) is 0 Å². The van der Waals surface area contributed by atoms with Gasteiger partial charge in [0.15, 0.2) is 5.82 Å². The average Bonchev–Trinajstić information content (AvgIpc) is 2.37. The van der Waals surface area contributed by atoms with E-state index in [4.69, 9.17) is 17.3 Å². The summed E-state index contributed by atoms with van der Waals surface area (Å²) >= 11 is 5.59. The van der Waals surface area contributed by atoms with Gasteiger partial charge in [-0.25, -0.2) is 12.8 Å². The summed E-state index contributed by atoms with van der Waals surface area (Å²) in [4.78, 5) is 10.4. The fourth-order valence-corrected chi connectivity index (χ4v) is 3.38. The minimum absolute atomic E-state index is 0.0910. The molecule has 2 N–H and O–H groups in total. The Kier molecular flexibility index (Phi) is 5.91. The standard InChI is InChI=1S/C12H16ClFN2O3S/c1-2-3-7-16(8-11(15)17)20(18,19)10-6-4-5-9(13)12(10)14/h4-6H,2-3,7-8H2,1H3,(H2,15,17). The molecule has 0 aliphatic rings. The summed E-state index contributed by atoms with van der Waals surface area (Å²) in [5.74, 6) is -1.83. The molecule has 0 aromatic heterocycles. The van der Waals surface area contributed by atoms with Crippen molar-refractivity contribution in [3.05, 3.63) is 29.0 Å². The number of hydrogen-bond donors (Lipinski definition) is 1. The fraction of sp³-hybridized carbons (Fsp3) is 0.417. The predicted octanol–water partition coefficient (Wildman–Crippen LogP) is 1.76. The Morgan fingerprint density at radius 2 is 2.10 bits per heavy atom. The Morgan fingerprint density at radius 1 is 1.45 bits per heavy atom. The molecule has 1 amide bonds. The minimum Gasteiger partial charge on any atom is -0.369 e. The van der Waals surface area contributed by atoms with Crippen molar-refractivity contribution < 1.29 is 17.6 Å². The summed E-state index contributed by atoms with van der Waals surface area (Å²) in [6.07, 6.45) is 1.26. The van der Waals surface area contributed by atoms with Crippen LogP contribution in [0.3, 0.4) is 0 Å². The van der Waals surface area contributed by atoms with Gasteiger partial charge in [-0.3, -0.25) is 4.79 Å². The molecule has 0 saturated carbocycles. The molecule has 1 aromatic carbocycles. The molecule has 1 rings (SSSR count). The first-order valence-electron chi connectivity index (χ1n) is 6.03. The molecule has 0 saturated heterocycles. The maximum atomic E-state index is 13.9. The molecule has 0 spiro atoms. The Labute approximate surface area is 122 Å². The number of primary amides is 1. The first kappa shape index (κ1) is 16.9. The largest absolute Gasteiger partial charge is 0.369 e. The molecule has 0 bridgehead atoms. The topological polar surface area (TPSA) is 80.5 Å². The molecule has 0 radical (unpaired) electrons. The molecule has 112 valence electrons. The van der Waals surface area contributed by atoms with Gasteiger partial charge in [0.1, 0.15) is 4.90 Å². The third-order valence-corrected chi connectivity index (χ3v) is 4.78. The molecule has 0 aliphatic carbocycles. The summed E-state index contributed by atoms with van der Waals surface area (Å²) in [5, 5.41) is -0.291. The number of nitrogens with two attached hydrogens (primary N) is 1. The molecule has 0 heterocycles. The average molecular weight is 323 g/mol. The maximum Gasteiger partial charge on any atom is 0.246 e. The lowest BCUT2D eigenvalue weighted by Gasteiger charge is -2.21. The number of nitrogens with zero attached hydrogens (tertiary/aromatic N) is 1. The fourth-order valence-electron chi connectivity index (χ4n) is 1.61. The van der Waals surface area contributed by atoms with Gasteiger partial charge in [0.25, 0.3) is 0 Å². The van der Waals surface area contributed by atoms with Crippen LogP contribution < -0.4 is 5.73 Å². The van der Waals surface area contributed by atoms with E-state index in [2.05, 4.69) is 0 Å². The van der Waals surface area contributed by atoms with Gasteiger partial charge < -0.3 is 5.73 Å². The maximum absolute atomic E-state index is 13.9. The van der Waals surface area contributed by atoms with Gasteiger partial charge in [0.2, 0.25) is 15.9 Å². The summed E-state index contributed by atoms with van der Waals surface area (Å²) in [7, 11) is -4.15. The van der Waals surface area contributed by atoms with Gasteiger partial charge >= 0.3 is 0 Å². The molecule has 0 aliphatic heterocycles. The number of carbonyl (C=O) groups excluding carboxylic acids is 1. The highest BCUT2D eigenvalue weighted by Crippen LogP contribution is 2.24. The normalized spacial score (nSPS) is 11.8. The van der Waals surface area contributed by atoms with Crippen LogP contribution in [0.1, 0.15) is 19.8 Å². The highest BCUT2D eigenvalue weighted by molar-refractivity contribution is 7.89. The van der Waals surface area contributed by atoms with Crippen LogP contribution in [0, 0.1) is 5.82 Å². The van der Waals surface area contributed by atoms with E-state index in [1.807, 2.05) is 6.92 Å². The number of benzene rings is 1. The van der Waals surface area contributed by atoms with E-state index in [-0.39, 0.29) is 11.6 Å². The molecule has 8 heteroatoms. The highest BCUT2D eigenvalue weighted by atomic mass is 35.5. The molecule has 1 aromatic rings. The van der Waals surface area contributed by atoms with Crippen molar-refractivity contribution in [3.8, 4) is 0 Å². The summed E-state index contributed by atoms with van der Waals surface area (Å²) in [6, 6.07) is 3.69. The van der Waals surface area contributed by atoms with E-state index in [1.54, 1.807) is 0 Å². The third kappa shape index (κ3) is 3.91. The highest BCUT2D eigenvalue weighted by Gasteiger charge is 2.29. The first-order valence-corrected chi connectivity index (χ1v) is 7.85. The van der Waals surface area contributed by atoms with E-state index in [0.717, 1.165) is 16.8 Å². The number of unbranched alkanes of at least 4 members (excludes halogenated alkanes) is 1.